The third-order valence-corrected chi connectivity index (χ3v) is 4.09. The van der Waals surface area contributed by atoms with Crippen LogP contribution in [0.5, 0.6) is 0 Å². The number of anilines is 2. The maximum absolute atomic E-state index is 12.0. The van der Waals surface area contributed by atoms with E-state index in [1.165, 1.54) is 0 Å². The van der Waals surface area contributed by atoms with Crippen LogP contribution in [0.1, 0.15) is 11.1 Å². The topological polar surface area (TPSA) is 119 Å². The summed E-state index contributed by atoms with van der Waals surface area (Å²) in [6.07, 6.45) is 0. The van der Waals surface area contributed by atoms with Gasteiger partial charge in [-0.25, -0.2) is 10.9 Å². The number of hydrogen-bond donors (Lipinski definition) is 4. The molecule has 2 heterocycles. The molecule has 10 heteroatoms. The third-order valence-electron chi connectivity index (χ3n) is 3.92. The molecule has 134 valence electrons. The van der Waals surface area contributed by atoms with E-state index in [4.69, 9.17) is 11.8 Å². The van der Waals surface area contributed by atoms with Crippen molar-refractivity contribution < 1.29 is 9.59 Å². The molecule has 27 heavy (non-hydrogen) atoms. The zero-order valence-electron chi connectivity index (χ0n) is 13.7. The van der Waals surface area contributed by atoms with Gasteiger partial charge in [0.25, 0.3) is 11.8 Å². The minimum Gasteiger partial charge on any atom is -0.320 e. The SMILES string of the molecule is O=C1Nc2ccccc2/C1=N/NC(=NCl)N/N=C1\C(=O)Nc2ccccc21. The van der Waals surface area contributed by atoms with Gasteiger partial charge in [0.05, 0.1) is 11.4 Å². The van der Waals surface area contributed by atoms with Gasteiger partial charge in [0.2, 0.25) is 5.96 Å². The average molecular weight is 382 g/mol. The highest BCUT2D eigenvalue weighted by Gasteiger charge is 2.27. The number of benzene rings is 2. The Bertz CT molecular complexity index is 966. The molecule has 4 N–H and O–H groups in total. The number of halogens is 1. The Balaban J connectivity index is 1.52. The van der Waals surface area contributed by atoms with Gasteiger partial charge in [-0.2, -0.15) is 10.2 Å². The Morgan fingerprint density at radius 1 is 0.778 bits per heavy atom. The summed E-state index contributed by atoms with van der Waals surface area (Å²) >= 11 is 5.54. The average Bonchev–Trinajstić information content (AvgIpc) is 3.17. The zero-order chi connectivity index (χ0) is 18.8. The first-order valence-electron chi connectivity index (χ1n) is 7.85. The van der Waals surface area contributed by atoms with Crippen molar-refractivity contribution in [1.82, 2.24) is 10.9 Å². The van der Waals surface area contributed by atoms with Crippen molar-refractivity contribution in [2.75, 3.05) is 10.6 Å². The van der Waals surface area contributed by atoms with E-state index in [2.05, 4.69) is 36.2 Å². The van der Waals surface area contributed by atoms with Crippen molar-refractivity contribution >= 4 is 52.3 Å². The Labute approximate surface area is 158 Å². The summed E-state index contributed by atoms with van der Waals surface area (Å²) in [6.45, 7) is 0. The molecule has 0 unspecified atom stereocenters. The van der Waals surface area contributed by atoms with Gasteiger partial charge in [0, 0.05) is 22.9 Å². The van der Waals surface area contributed by atoms with E-state index >= 15 is 0 Å². The van der Waals surface area contributed by atoms with Crippen LogP contribution >= 0.6 is 11.8 Å². The molecule has 2 aromatic carbocycles. The van der Waals surface area contributed by atoms with Crippen LogP contribution in [-0.4, -0.2) is 29.2 Å². The van der Waals surface area contributed by atoms with E-state index in [0.29, 0.717) is 22.5 Å². The predicted octanol–water partition coefficient (Wildman–Crippen LogP) is 1.39. The van der Waals surface area contributed by atoms with Crippen LogP contribution < -0.4 is 21.5 Å². The number of hydrazone groups is 2. The van der Waals surface area contributed by atoms with Crippen molar-refractivity contribution in [3.8, 4) is 0 Å². The van der Waals surface area contributed by atoms with Crippen LogP contribution in [0.3, 0.4) is 0 Å². The molecule has 9 nitrogen and oxygen atoms in total. The largest absolute Gasteiger partial charge is 0.320 e. The minimum absolute atomic E-state index is 0.0500. The lowest BCUT2D eigenvalue weighted by molar-refractivity contribution is -0.110. The third kappa shape index (κ3) is 3.11. The minimum atomic E-state index is -0.354. The molecule has 0 fully saturated rings. The summed E-state index contributed by atoms with van der Waals surface area (Å²) in [5, 5.41) is 13.5. The number of carbonyl (C=O) groups is 2. The van der Waals surface area contributed by atoms with E-state index in [1.807, 2.05) is 12.1 Å². The smallest absolute Gasteiger partial charge is 0.276 e. The quantitative estimate of drug-likeness (QED) is 0.357. The molecule has 0 saturated heterocycles. The predicted molar refractivity (Wildman–Crippen MR) is 103 cm³/mol. The van der Waals surface area contributed by atoms with E-state index in [0.717, 1.165) is 0 Å². The molecule has 0 aliphatic carbocycles. The summed E-state index contributed by atoms with van der Waals surface area (Å²) < 4.78 is 3.46. The molecule has 0 spiro atoms. The van der Waals surface area contributed by atoms with Crippen LogP contribution in [0.2, 0.25) is 0 Å². The summed E-state index contributed by atoms with van der Waals surface area (Å²) in [5.74, 6) is -0.757. The number of fused-ring (bicyclic) bond motifs is 2. The number of carbonyl (C=O) groups excluding carboxylic acids is 2. The molecule has 0 aromatic heterocycles. The first-order chi connectivity index (χ1) is 13.2. The van der Waals surface area contributed by atoms with Crippen molar-refractivity contribution in [3.63, 3.8) is 0 Å². The summed E-state index contributed by atoms with van der Waals surface area (Å²) in [5.41, 5.74) is 8.08. The Morgan fingerprint density at radius 2 is 1.22 bits per heavy atom. The molecule has 0 radical (unpaired) electrons. The highest BCUT2D eigenvalue weighted by atomic mass is 35.5. The molecule has 2 aliphatic rings. The highest BCUT2D eigenvalue weighted by Crippen LogP contribution is 2.23. The Morgan fingerprint density at radius 3 is 1.67 bits per heavy atom. The second kappa shape index (κ2) is 6.89. The van der Waals surface area contributed by atoms with Crippen LogP contribution in [0.15, 0.2) is 63.2 Å². The maximum atomic E-state index is 12.0. The fourth-order valence-corrected chi connectivity index (χ4v) is 2.78. The van der Waals surface area contributed by atoms with Gasteiger partial charge in [-0.1, -0.05) is 36.4 Å². The van der Waals surface area contributed by atoms with Gasteiger partial charge in [-0.15, -0.1) is 4.51 Å². The van der Waals surface area contributed by atoms with Crippen LogP contribution in [0.25, 0.3) is 0 Å². The first-order valence-corrected chi connectivity index (χ1v) is 8.19. The lowest BCUT2D eigenvalue weighted by Crippen LogP contribution is -2.33. The highest BCUT2D eigenvalue weighted by molar-refractivity contribution is 6.54. The standard InChI is InChI=1S/C17H12ClN7O2/c18-21-17(24-22-13-9-5-1-3-7-11(9)19-15(13)26)25-23-14-10-6-2-4-8-12(10)20-16(14)27/h1-8H,(H,19,22,26)(H,20,23,27)(H2,21,24,25). The Hall–Kier alpha value is -3.72. The summed E-state index contributed by atoms with van der Waals surface area (Å²) in [7, 11) is 0. The van der Waals surface area contributed by atoms with Crippen molar-refractivity contribution in [2.45, 2.75) is 0 Å². The van der Waals surface area contributed by atoms with E-state index in [1.54, 1.807) is 36.4 Å². The number of hydrogen-bond acceptors (Lipinski definition) is 5. The molecule has 2 aromatic rings. The van der Waals surface area contributed by atoms with Crippen LogP contribution in [0.4, 0.5) is 11.4 Å². The monoisotopic (exact) mass is 381 g/mol. The van der Waals surface area contributed by atoms with Gasteiger partial charge >= 0.3 is 0 Å². The molecule has 0 saturated carbocycles. The molecule has 2 aliphatic heterocycles. The maximum Gasteiger partial charge on any atom is 0.276 e. The number of guanidine groups is 1. The van der Waals surface area contributed by atoms with E-state index in [-0.39, 0.29) is 29.2 Å². The van der Waals surface area contributed by atoms with Gasteiger partial charge in [-0.3, -0.25) is 9.59 Å². The second-order valence-electron chi connectivity index (χ2n) is 5.58. The fraction of sp³-hybridized carbons (Fsp3) is 0. The molecular formula is C17H12ClN7O2. The van der Waals surface area contributed by atoms with Gasteiger partial charge in [0.15, 0.2) is 11.4 Å². The lowest BCUT2D eigenvalue weighted by Gasteiger charge is -2.04. The van der Waals surface area contributed by atoms with Crippen LogP contribution in [0, 0.1) is 0 Å². The first kappa shape index (κ1) is 16.7. The summed E-state index contributed by atoms with van der Waals surface area (Å²) in [6, 6.07) is 14.3. The van der Waals surface area contributed by atoms with E-state index in [9.17, 15) is 9.59 Å². The number of rotatable bonds is 2. The number of nitrogens with one attached hydrogen (secondary N) is 4. The second-order valence-corrected chi connectivity index (χ2v) is 5.75. The molecular weight excluding hydrogens is 370 g/mol. The molecule has 0 bridgehead atoms. The Kier molecular flexibility index (Phi) is 4.27. The van der Waals surface area contributed by atoms with Crippen molar-refractivity contribution in [1.29, 1.82) is 0 Å². The zero-order valence-corrected chi connectivity index (χ0v) is 14.4. The number of amides is 2. The lowest BCUT2D eigenvalue weighted by atomic mass is 10.1. The summed E-state index contributed by atoms with van der Waals surface area (Å²) in [4.78, 5) is 24.0. The molecule has 2 amide bonds. The number of nitrogens with zero attached hydrogens (tertiary/aromatic N) is 3. The molecule has 0 atom stereocenters. The van der Waals surface area contributed by atoms with E-state index < -0.39 is 0 Å². The fourth-order valence-electron chi connectivity index (χ4n) is 2.71. The normalized spacial score (nSPS) is 17.2. The molecule has 4 rings (SSSR count). The van der Waals surface area contributed by atoms with Gasteiger partial charge in [0.1, 0.15) is 0 Å². The van der Waals surface area contributed by atoms with Gasteiger partial charge in [-0.05, 0) is 12.1 Å². The van der Waals surface area contributed by atoms with Gasteiger partial charge < -0.3 is 10.6 Å². The van der Waals surface area contributed by atoms with Crippen molar-refractivity contribution in [2.24, 2.45) is 14.7 Å². The van der Waals surface area contributed by atoms with Crippen molar-refractivity contribution in [3.05, 3.63) is 59.7 Å². The van der Waals surface area contributed by atoms with Crippen LogP contribution in [-0.2, 0) is 9.59 Å². The number of para-hydroxylation sites is 2.